The molecule has 0 saturated heterocycles. The quantitative estimate of drug-likeness (QED) is 0.636. The minimum absolute atomic E-state index is 0.0483. The summed E-state index contributed by atoms with van der Waals surface area (Å²) in [5, 5.41) is 21.8. The fraction of sp³-hybridized carbons (Fsp3) is 0.923. The van der Waals surface area contributed by atoms with E-state index in [1.165, 1.54) is 0 Å². The zero-order chi connectivity index (χ0) is 22.6. The number of hydrogen-bond donors (Lipinski definition) is 2. The first kappa shape index (κ1) is 23.2. The minimum atomic E-state index is -0.411. The molecule has 5 heteroatoms. The first-order valence-electron chi connectivity index (χ1n) is 12.7. The van der Waals surface area contributed by atoms with Crippen LogP contribution < -0.4 is 0 Å². The zero-order valence-electron chi connectivity index (χ0n) is 19.8. The Labute approximate surface area is 187 Å². The van der Waals surface area contributed by atoms with Crippen molar-refractivity contribution >= 4 is 11.8 Å². The van der Waals surface area contributed by atoms with Crippen molar-refractivity contribution < 1.29 is 24.5 Å². The van der Waals surface area contributed by atoms with E-state index in [9.17, 15) is 19.8 Å². The molecule has 0 aromatic carbocycles. The molecule has 5 nitrogen and oxygen atoms in total. The molecule has 0 heterocycles. The molecule has 0 amide bonds. The SMILES string of the molecule is CCOC(=O)CC[C@H](C)[C@H]1CC[C@H]2[C@H]3C(=O)C[C@@H]4C[C@H](O)CC[C@]4(C)[C@@H]3C[C@H](O)[C@]12C. The largest absolute Gasteiger partial charge is 0.466 e. The second-order valence-corrected chi connectivity index (χ2v) is 11.7. The Kier molecular flexibility index (Phi) is 6.33. The molecule has 4 rings (SSSR count). The summed E-state index contributed by atoms with van der Waals surface area (Å²) in [5.41, 5.74) is -0.212. The topological polar surface area (TPSA) is 83.8 Å². The van der Waals surface area contributed by atoms with E-state index >= 15 is 0 Å². The number of carbonyl (C=O) groups excluding carboxylic acids is 2. The van der Waals surface area contributed by atoms with Gasteiger partial charge in [0.15, 0.2) is 0 Å². The van der Waals surface area contributed by atoms with Gasteiger partial charge in [-0.05, 0) is 86.9 Å². The molecule has 0 aliphatic heterocycles. The standard InChI is InChI=1S/C26H42O5/c1-5-31-23(30)9-6-15(2)18-7-8-19-24-20(14-22(29)26(18,19)4)25(3)11-10-17(27)12-16(25)13-21(24)28/h15-20,22,24,27,29H,5-14H2,1-4H3/t15-,16-,17+,18+,19-,20+,22-,24+,25-,26+/m0/s1. The van der Waals surface area contributed by atoms with Crippen molar-refractivity contribution in [3.05, 3.63) is 0 Å². The lowest BCUT2D eigenvalue weighted by Crippen LogP contribution is -2.61. The number of aliphatic hydroxyl groups is 2. The second kappa shape index (κ2) is 8.44. The van der Waals surface area contributed by atoms with Gasteiger partial charge in [0.2, 0.25) is 0 Å². The van der Waals surface area contributed by atoms with Gasteiger partial charge in [0.25, 0.3) is 0 Å². The summed E-state index contributed by atoms with van der Waals surface area (Å²) in [7, 11) is 0. The van der Waals surface area contributed by atoms with Gasteiger partial charge in [0.05, 0.1) is 18.8 Å². The van der Waals surface area contributed by atoms with Crippen LogP contribution in [-0.4, -0.2) is 40.8 Å². The van der Waals surface area contributed by atoms with Crippen LogP contribution in [0, 0.1) is 46.3 Å². The van der Waals surface area contributed by atoms with E-state index in [1.54, 1.807) is 0 Å². The molecule has 4 fully saturated rings. The van der Waals surface area contributed by atoms with Gasteiger partial charge in [-0.15, -0.1) is 0 Å². The highest BCUT2D eigenvalue weighted by atomic mass is 16.5. The van der Waals surface area contributed by atoms with Gasteiger partial charge < -0.3 is 14.9 Å². The highest BCUT2D eigenvalue weighted by molar-refractivity contribution is 5.83. The van der Waals surface area contributed by atoms with E-state index in [1.807, 2.05) is 6.92 Å². The number of ketones is 1. The fourth-order valence-corrected chi connectivity index (χ4v) is 8.62. The average molecular weight is 435 g/mol. The summed E-state index contributed by atoms with van der Waals surface area (Å²) < 4.78 is 5.11. The maximum absolute atomic E-state index is 13.5. The molecule has 4 aliphatic rings. The van der Waals surface area contributed by atoms with Crippen molar-refractivity contribution in [2.45, 2.75) is 97.7 Å². The van der Waals surface area contributed by atoms with Gasteiger partial charge in [0, 0.05) is 24.2 Å². The van der Waals surface area contributed by atoms with Gasteiger partial charge in [-0.2, -0.15) is 0 Å². The second-order valence-electron chi connectivity index (χ2n) is 11.7. The third-order valence-corrected chi connectivity index (χ3v) is 10.4. The predicted molar refractivity (Wildman–Crippen MR) is 118 cm³/mol. The van der Waals surface area contributed by atoms with Crippen molar-refractivity contribution in [3.63, 3.8) is 0 Å². The Morgan fingerprint density at radius 2 is 1.90 bits per heavy atom. The lowest BCUT2D eigenvalue weighted by Gasteiger charge is -2.61. The van der Waals surface area contributed by atoms with Crippen LogP contribution in [0.5, 0.6) is 0 Å². The number of hydrogen-bond acceptors (Lipinski definition) is 5. The highest BCUT2D eigenvalue weighted by Gasteiger charge is 2.65. The monoisotopic (exact) mass is 434 g/mol. The molecule has 176 valence electrons. The van der Waals surface area contributed by atoms with E-state index in [-0.39, 0.29) is 46.6 Å². The normalized spacial score (nSPS) is 47.8. The Balaban J connectivity index is 1.55. The smallest absolute Gasteiger partial charge is 0.305 e. The van der Waals surface area contributed by atoms with E-state index in [2.05, 4.69) is 20.8 Å². The van der Waals surface area contributed by atoms with Gasteiger partial charge in [-0.25, -0.2) is 0 Å². The molecule has 31 heavy (non-hydrogen) atoms. The number of carbonyl (C=O) groups is 2. The third kappa shape index (κ3) is 3.68. The molecule has 0 spiro atoms. The first-order valence-corrected chi connectivity index (χ1v) is 12.7. The van der Waals surface area contributed by atoms with Crippen LogP contribution in [0.25, 0.3) is 0 Å². The number of aliphatic hydroxyl groups excluding tert-OH is 2. The summed E-state index contributed by atoms with van der Waals surface area (Å²) in [5.74, 6) is 1.64. The van der Waals surface area contributed by atoms with E-state index < -0.39 is 6.10 Å². The van der Waals surface area contributed by atoms with Crippen LogP contribution in [0.3, 0.4) is 0 Å². The van der Waals surface area contributed by atoms with Crippen LogP contribution in [0.1, 0.15) is 85.5 Å². The van der Waals surface area contributed by atoms with Crippen molar-refractivity contribution in [2.24, 2.45) is 46.3 Å². The molecule has 0 radical (unpaired) electrons. The number of ether oxygens (including phenoxy) is 1. The summed E-state index contributed by atoms with van der Waals surface area (Å²) in [6, 6.07) is 0. The molecule has 0 unspecified atom stereocenters. The fourth-order valence-electron chi connectivity index (χ4n) is 8.62. The van der Waals surface area contributed by atoms with Crippen molar-refractivity contribution in [1.29, 1.82) is 0 Å². The van der Waals surface area contributed by atoms with E-state index in [0.29, 0.717) is 43.5 Å². The maximum Gasteiger partial charge on any atom is 0.305 e. The van der Waals surface area contributed by atoms with Crippen LogP contribution in [0.2, 0.25) is 0 Å². The summed E-state index contributed by atoms with van der Waals surface area (Å²) in [6.45, 7) is 9.01. The van der Waals surface area contributed by atoms with Gasteiger partial charge >= 0.3 is 5.97 Å². The third-order valence-electron chi connectivity index (χ3n) is 10.4. The van der Waals surface area contributed by atoms with Crippen LogP contribution in [0.15, 0.2) is 0 Å². The predicted octanol–water partition coefficient (Wildman–Crippen LogP) is 4.14. The molecule has 0 bridgehead atoms. The van der Waals surface area contributed by atoms with Crippen LogP contribution in [-0.2, 0) is 14.3 Å². The molecule has 4 saturated carbocycles. The van der Waals surface area contributed by atoms with Gasteiger partial charge in [-0.3, -0.25) is 9.59 Å². The Morgan fingerprint density at radius 1 is 1.16 bits per heavy atom. The number of fused-ring (bicyclic) bond motifs is 5. The van der Waals surface area contributed by atoms with Crippen molar-refractivity contribution in [2.75, 3.05) is 6.61 Å². The van der Waals surface area contributed by atoms with E-state index in [4.69, 9.17) is 4.74 Å². The van der Waals surface area contributed by atoms with Crippen LogP contribution in [0.4, 0.5) is 0 Å². The lowest BCUT2D eigenvalue weighted by molar-refractivity contribution is -0.182. The number of esters is 1. The van der Waals surface area contributed by atoms with Gasteiger partial charge in [0.1, 0.15) is 5.78 Å². The summed E-state index contributed by atoms with van der Waals surface area (Å²) >= 11 is 0. The number of rotatable bonds is 5. The summed E-state index contributed by atoms with van der Waals surface area (Å²) in [6.07, 6.45) is 6.34. The van der Waals surface area contributed by atoms with Gasteiger partial charge in [-0.1, -0.05) is 20.8 Å². The van der Waals surface area contributed by atoms with Crippen LogP contribution >= 0.6 is 0 Å². The van der Waals surface area contributed by atoms with E-state index in [0.717, 1.165) is 38.5 Å². The number of Topliss-reactive ketones (excluding diaryl/α,β-unsaturated/α-hetero) is 1. The molecule has 2 N–H and O–H groups in total. The molecule has 4 aliphatic carbocycles. The Bertz CT molecular complexity index is 706. The zero-order valence-corrected chi connectivity index (χ0v) is 19.8. The van der Waals surface area contributed by atoms with Crippen molar-refractivity contribution in [3.8, 4) is 0 Å². The lowest BCUT2D eigenvalue weighted by atomic mass is 9.43. The Hall–Kier alpha value is -0.940. The molecular weight excluding hydrogens is 392 g/mol. The molecule has 0 aromatic rings. The molecule has 10 atom stereocenters. The summed E-state index contributed by atoms with van der Waals surface area (Å²) in [4.78, 5) is 25.3. The first-order chi connectivity index (χ1) is 14.6. The molecular formula is C26H42O5. The Morgan fingerprint density at radius 3 is 2.61 bits per heavy atom. The molecule has 0 aromatic heterocycles. The highest BCUT2D eigenvalue weighted by Crippen LogP contribution is 2.67. The average Bonchev–Trinajstić information content (AvgIpc) is 3.07. The minimum Gasteiger partial charge on any atom is -0.466 e. The van der Waals surface area contributed by atoms with Crippen molar-refractivity contribution in [1.82, 2.24) is 0 Å². The maximum atomic E-state index is 13.5.